The third kappa shape index (κ3) is 3.59. The highest BCUT2D eigenvalue weighted by Crippen LogP contribution is 2.25. The highest BCUT2D eigenvalue weighted by molar-refractivity contribution is 7.13. The molecule has 0 radical (unpaired) electrons. The topological polar surface area (TPSA) is 71.3 Å². The summed E-state index contributed by atoms with van der Waals surface area (Å²) in [6, 6.07) is 9.16. The van der Waals surface area contributed by atoms with Gasteiger partial charge in [-0.15, -0.1) is 11.3 Å². The average molecular weight is 389 g/mol. The number of aromatic nitrogens is 2. The number of carbonyl (C=O) groups excluding carboxylic acids is 1. The van der Waals surface area contributed by atoms with E-state index in [0.717, 1.165) is 30.8 Å². The van der Waals surface area contributed by atoms with Crippen molar-refractivity contribution in [1.82, 2.24) is 15.0 Å². The van der Waals surface area contributed by atoms with Gasteiger partial charge in [-0.25, -0.2) is 0 Å². The quantitative estimate of drug-likeness (QED) is 0.705. The van der Waals surface area contributed by atoms with E-state index in [4.69, 9.17) is 16.1 Å². The fourth-order valence-electron chi connectivity index (χ4n) is 2.94. The summed E-state index contributed by atoms with van der Waals surface area (Å²) in [5.41, 5.74) is 1.28. The molecule has 1 amide bonds. The molecule has 1 saturated heterocycles. The molecule has 4 rings (SSSR count). The molecule has 8 heteroatoms. The van der Waals surface area contributed by atoms with Crippen LogP contribution < -0.4 is 5.32 Å². The van der Waals surface area contributed by atoms with Crippen LogP contribution in [0.1, 0.15) is 29.1 Å². The molecule has 0 aliphatic carbocycles. The molecule has 0 atom stereocenters. The number of hydrogen-bond donors (Lipinski definition) is 1. The summed E-state index contributed by atoms with van der Waals surface area (Å²) < 4.78 is 5.30. The summed E-state index contributed by atoms with van der Waals surface area (Å²) >= 11 is 7.66. The van der Waals surface area contributed by atoms with Gasteiger partial charge in [0.05, 0.1) is 17.0 Å². The van der Waals surface area contributed by atoms with Gasteiger partial charge in [0, 0.05) is 23.8 Å². The van der Waals surface area contributed by atoms with Crippen LogP contribution in [0, 0.1) is 0 Å². The highest BCUT2D eigenvalue weighted by Gasteiger charge is 2.22. The lowest BCUT2D eigenvalue weighted by molar-refractivity contribution is 0.0793. The first kappa shape index (κ1) is 17.1. The minimum absolute atomic E-state index is 0.00250. The summed E-state index contributed by atoms with van der Waals surface area (Å²) in [4.78, 5) is 20.0. The van der Waals surface area contributed by atoms with Crippen LogP contribution in [0.2, 0.25) is 5.02 Å². The SMILES string of the molecule is O=C(c1cc(Cl)ccc1NCc1nc(-c2cccs2)no1)N1CCCC1. The summed E-state index contributed by atoms with van der Waals surface area (Å²) in [6.45, 7) is 1.91. The lowest BCUT2D eigenvalue weighted by atomic mass is 10.1. The summed E-state index contributed by atoms with van der Waals surface area (Å²) in [5, 5.41) is 9.72. The second-order valence-electron chi connectivity index (χ2n) is 6.03. The molecular weight excluding hydrogens is 372 g/mol. The van der Waals surface area contributed by atoms with E-state index in [-0.39, 0.29) is 5.91 Å². The maximum atomic E-state index is 12.8. The third-order valence-electron chi connectivity index (χ3n) is 4.25. The molecule has 0 bridgehead atoms. The van der Waals surface area contributed by atoms with Gasteiger partial charge < -0.3 is 14.7 Å². The van der Waals surface area contributed by atoms with E-state index in [1.165, 1.54) is 0 Å². The first-order valence-corrected chi connectivity index (χ1v) is 9.65. The van der Waals surface area contributed by atoms with Crippen molar-refractivity contribution in [2.45, 2.75) is 19.4 Å². The predicted octanol–water partition coefficient (Wildman–Crippen LogP) is 4.30. The van der Waals surface area contributed by atoms with Crippen molar-refractivity contribution in [2.24, 2.45) is 0 Å². The van der Waals surface area contributed by atoms with Crippen molar-refractivity contribution >= 4 is 34.5 Å². The van der Waals surface area contributed by atoms with Crippen molar-refractivity contribution < 1.29 is 9.32 Å². The molecule has 0 spiro atoms. The van der Waals surface area contributed by atoms with Crippen molar-refractivity contribution in [1.29, 1.82) is 0 Å². The summed E-state index contributed by atoms with van der Waals surface area (Å²) in [6.07, 6.45) is 2.09. The Hall–Kier alpha value is -2.38. The van der Waals surface area contributed by atoms with E-state index in [0.29, 0.717) is 34.5 Å². The Kier molecular flexibility index (Phi) is 4.90. The number of nitrogens with one attached hydrogen (secondary N) is 1. The van der Waals surface area contributed by atoms with Gasteiger partial charge >= 0.3 is 0 Å². The molecule has 0 saturated carbocycles. The zero-order chi connectivity index (χ0) is 17.9. The number of hydrogen-bond acceptors (Lipinski definition) is 6. The lowest BCUT2D eigenvalue weighted by Crippen LogP contribution is -2.28. The number of halogens is 1. The first-order valence-electron chi connectivity index (χ1n) is 8.40. The van der Waals surface area contributed by atoms with E-state index in [2.05, 4.69) is 15.5 Å². The molecule has 1 aromatic carbocycles. The van der Waals surface area contributed by atoms with Crippen LogP contribution in [-0.4, -0.2) is 34.0 Å². The van der Waals surface area contributed by atoms with E-state index < -0.39 is 0 Å². The fraction of sp³-hybridized carbons (Fsp3) is 0.278. The predicted molar refractivity (Wildman–Crippen MR) is 102 cm³/mol. The molecule has 3 aromatic rings. The van der Waals surface area contributed by atoms with Crippen molar-refractivity contribution in [2.75, 3.05) is 18.4 Å². The van der Waals surface area contributed by atoms with Gasteiger partial charge in [0.2, 0.25) is 11.7 Å². The Morgan fingerprint density at radius 3 is 2.92 bits per heavy atom. The zero-order valence-corrected chi connectivity index (χ0v) is 15.5. The smallest absolute Gasteiger partial charge is 0.256 e. The Bertz CT molecular complexity index is 904. The molecule has 26 heavy (non-hydrogen) atoms. The molecule has 1 aliphatic heterocycles. The van der Waals surface area contributed by atoms with Gasteiger partial charge in [0.15, 0.2) is 0 Å². The molecule has 3 heterocycles. The van der Waals surface area contributed by atoms with Gasteiger partial charge in [-0.1, -0.05) is 22.8 Å². The Morgan fingerprint density at radius 2 is 2.15 bits per heavy atom. The largest absolute Gasteiger partial charge is 0.375 e. The van der Waals surface area contributed by atoms with Crippen LogP contribution in [0.5, 0.6) is 0 Å². The van der Waals surface area contributed by atoms with Crippen LogP contribution in [0.15, 0.2) is 40.2 Å². The first-order chi connectivity index (χ1) is 12.7. The molecule has 2 aromatic heterocycles. The van der Waals surface area contributed by atoms with Gasteiger partial charge in [-0.05, 0) is 42.5 Å². The van der Waals surface area contributed by atoms with Crippen molar-refractivity contribution in [3.63, 3.8) is 0 Å². The van der Waals surface area contributed by atoms with Crippen LogP contribution >= 0.6 is 22.9 Å². The van der Waals surface area contributed by atoms with Gasteiger partial charge in [0.25, 0.3) is 5.91 Å². The second-order valence-corrected chi connectivity index (χ2v) is 7.42. The average Bonchev–Trinajstić information content (AvgIpc) is 3.42. The Balaban J connectivity index is 1.50. The molecule has 134 valence electrons. The fourth-order valence-corrected chi connectivity index (χ4v) is 3.76. The third-order valence-corrected chi connectivity index (χ3v) is 5.35. The molecule has 6 nitrogen and oxygen atoms in total. The van der Waals surface area contributed by atoms with Crippen LogP contribution in [0.4, 0.5) is 5.69 Å². The van der Waals surface area contributed by atoms with E-state index in [9.17, 15) is 4.79 Å². The molecular formula is C18H17ClN4O2S. The van der Waals surface area contributed by atoms with Crippen molar-refractivity contribution in [3.8, 4) is 10.7 Å². The molecule has 1 fully saturated rings. The van der Waals surface area contributed by atoms with Gasteiger partial charge in [0.1, 0.15) is 0 Å². The van der Waals surface area contributed by atoms with Gasteiger partial charge in [-0.2, -0.15) is 4.98 Å². The maximum absolute atomic E-state index is 12.8. The van der Waals surface area contributed by atoms with Crippen LogP contribution in [0.25, 0.3) is 10.7 Å². The normalized spacial score (nSPS) is 14.0. The summed E-state index contributed by atoms with van der Waals surface area (Å²) in [7, 11) is 0. The number of rotatable bonds is 5. The van der Waals surface area contributed by atoms with E-state index in [1.807, 2.05) is 28.5 Å². The highest BCUT2D eigenvalue weighted by atomic mass is 35.5. The standard InChI is InChI=1S/C18H17ClN4O2S/c19-12-5-6-14(13(10-12)18(24)23-7-1-2-8-23)20-11-16-21-17(22-25-16)15-4-3-9-26-15/h3-6,9-10,20H,1-2,7-8,11H2. The monoisotopic (exact) mass is 388 g/mol. The lowest BCUT2D eigenvalue weighted by Gasteiger charge is -2.18. The molecule has 1 aliphatic rings. The second kappa shape index (κ2) is 7.47. The molecule has 0 unspecified atom stereocenters. The minimum Gasteiger partial charge on any atom is -0.375 e. The van der Waals surface area contributed by atoms with Crippen LogP contribution in [-0.2, 0) is 6.54 Å². The minimum atomic E-state index is -0.00250. The number of anilines is 1. The number of amides is 1. The Morgan fingerprint density at radius 1 is 1.31 bits per heavy atom. The molecule has 1 N–H and O–H groups in total. The maximum Gasteiger partial charge on any atom is 0.256 e. The summed E-state index contributed by atoms with van der Waals surface area (Å²) in [5.74, 6) is 1.03. The van der Waals surface area contributed by atoms with Crippen molar-refractivity contribution in [3.05, 3.63) is 52.2 Å². The van der Waals surface area contributed by atoms with E-state index in [1.54, 1.807) is 23.5 Å². The number of likely N-dealkylation sites (tertiary alicyclic amines) is 1. The Labute approximate surface area is 159 Å². The van der Waals surface area contributed by atoms with E-state index >= 15 is 0 Å². The number of carbonyl (C=O) groups is 1. The number of benzene rings is 1. The van der Waals surface area contributed by atoms with Gasteiger partial charge in [-0.3, -0.25) is 4.79 Å². The zero-order valence-electron chi connectivity index (χ0n) is 13.9. The van der Waals surface area contributed by atoms with Crippen LogP contribution in [0.3, 0.4) is 0 Å². The number of nitrogens with zero attached hydrogens (tertiary/aromatic N) is 3. The number of thiophene rings is 1.